The van der Waals surface area contributed by atoms with Gasteiger partial charge in [-0.15, -0.1) is 0 Å². The summed E-state index contributed by atoms with van der Waals surface area (Å²) in [4.78, 5) is 14.1. The minimum Gasteiger partial charge on any atom is -0.493 e. The molecule has 0 spiro atoms. The molecule has 1 atom stereocenters. The molecule has 5 nitrogen and oxygen atoms in total. The molecule has 0 fully saturated rings. The molecule has 0 aliphatic carbocycles. The summed E-state index contributed by atoms with van der Waals surface area (Å²) in [6.07, 6.45) is -0.589. The molecular formula is C17H17FN2O3. The number of methoxy groups -OCH3 is 2. The summed E-state index contributed by atoms with van der Waals surface area (Å²) in [7, 11) is 4.66. The number of hydrogen-bond donors (Lipinski definition) is 1. The third kappa shape index (κ3) is 2.46. The average molecular weight is 316 g/mol. The maximum Gasteiger partial charge on any atom is 0.257 e. The molecule has 2 aromatic rings. The zero-order valence-corrected chi connectivity index (χ0v) is 13.1. The van der Waals surface area contributed by atoms with E-state index in [9.17, 15) is 9.18 Å². The van der Waals surface area contributed by atoms with Gasteiger partial charge in [-0.25, -0.2) is 4.39 Å². The minimum atomic E-state index is -0.589. The highest BCUT2D eigenvalue weighted by Crippen LogP contribution is 2.39. The Bertz CT molecular complexity index is 763. The van der Waals surface area contributed by atoms with Crippen LogP contribution in [0.15, 0.2) is 36.4 Å². The lowest BCUT2D eigenvalue weighted by molar-refractivity contribution is 0.0732. The van der Waals surface area contributed by atoms with Gasteiger partial charge >= 0.3 is 0 Å². The van der Waals surface area contributed by atoms with E-state index in [2.05, 4.69) is 5.32 Å². The van der Waals surface area contributed by atoms with E-state index in [-0.39, 0.29) is 11.7 Å². The van der Waals surface area contributed by atoms with Gasteiger partial charge in [0.05, 0.1) is 25.5 Å². The van der Waals surface area contributed by atoms with Gasteiger partial charge in [-0.2, -0.15) is 0 Å². The van der Waals surface area contributed by atoms with Gasteiger partial charge in [0.2, 0.25) is 0 Å². The highest BCUT2D eigenvalue weighted by Gasteiger charge is 2.32. The van der Waals surface area contributed by atoms with Crippen molar-refractivity contribution in [2.24, 2.45) is 0 Å². The molecule has 1 aliphatic heterocycles. The van der Waals surface area contributed by atoms with E-state index in [1.54, 1.807) is 37.4 Å². The molecule has 1 heterocycles. The van der Waals surface area contributed by atoms with E-state index in [4.69, 9.17) is 9.47 Å². The predicted octanol–water partition coefficient (Wildman–Crippen LogP) is 3.04. The molecule has 1 amide bonds. The Morgan fingerprint density at radius 2 is 1.78 bits per heavy atom. The number of benzene rings is 2. The van der Waals surface area contributed by atoms with Gasteiger partial charge in [0.25, 0.3) is 5.91 Å². The molecule has 0 radical (unpaired) electrons. The molecule has 1 aliphatic rings. The summed E-state index contributed by atoms with van der Waals surface area (Å²) in [5.74, 6) is 0.393. The zero-order valence-electron chi connectivity index (χ0n) is 13.1. The number of nitrogens with zero attached hydrogens (tertiary/aromatic N) is 1. The Labute approximate surface area is 133 Å². The van der Waals surface area contributed by atoms with Crippen LogP contribution in [0, 0.1) is 5.82 Å². The lowest BCUT2D eigenvalue weighted by Crippen LogP contribution is -2.40. The van der Waals surface area contributed by atoms with Crippen molar-refractivity contribution in [1.82, 2.24) is 4.90 Å². The summed E-state index contributed by atoms with van der Waals surface area (Å²) in [5.41, 5.74) is 1.44. The fraction of sp³-hybridized carbons (Fsp3) is 0.235. The first kappa shape index (κ1) is 15.1. The number of ether oxygens (including phenoxy) is 2. The predicted molar refractivity (Wildman–Crippen MR) is 84.4 cm³/mol. The third-order valence-electron chi connectivity index (χ3n) is 3.95. The summed E-state index contributed by atoms with van der Waals surface area (Å²) in [6.45, 7) is 0. The number of hydrogen-bond acceptors (Lipinski definition) is 4. The number of fused-ring (bicyclic) bond motifs is 1. The molecular weight excluding hydrogens is 299 g/mol. The smallest absolute Gasteiger partial charge is 0.257 e. The largest absolute Gasteiger partial charge is 0.493 e. The number of amides is 1. The van der Waals surface area contributed by atoms with E-state index in [1.807, 2.05) is 0 Å². The van der Waals surface area contributed by atoms with Gasteiger partial charge in [0.15, 0.2) is 11.5 Å². The van der Waals surface area contributed by atoms with Crippen molar-refractivity contribution in [2.75, 3.05) is 26.6 Å². The van der Waals surface area contributed by atoms with Crippen LogP contribution in [-0.2, 0) is 0 Å². The van der Waals surface area contributed by atoms with Crippen LogP contribution < -0.4 is 14.8 Å². The fourth-order valence-electron chi connectivity index (χ4n) is 2.71. The molecule has 120 valence electrons. The normalized spacial score (nSPS) is 16.6. The second-order valence-electron chi connectivity index (χ2n) is 5.24. The number of halogens is 1. The SMILES string of the molecule is COc1cc2c(cc1OC)C(=O)N(C)[C@H](c1ccccc1F)N2. The molecule has 0 saturated heterocycles. The molecule has 0 bridgehead atoms. The zero-order chi connectivity index (χ0) is 16.6. The van der Waals surface area contributed by atoms with Crippen LogP contribution in [0.3, 0.4) is 0 Å². The van der Waals surface area contributed by atoms with Gasteiger partial charge in [-0.3, -0.25) is 4.79 Å². The number of carbonyl (C=O) groups is 1. The maximum absolute atomic E-state index is 14.1. The second kappa shape index (κ2) is 5.79. The van der Waals surface area contributed by atoms with Crippen LogP contribution in [0.2, 0.25) is 0 Å². The van der Waals surface area contributed by atoms with Crippen molar-refractivity contribution < 1.29 is 18.7 Å². The summed E-state index contributed by atoms with van der Waals surface area (Å²) in [5, 5.41) is 3.19. The molecule has 2 aromatic carbocycles. The van der Waals surface area contributed by atoms with E-state index in [0.717, 1.165) is 0 Å². The standard InChI is InChI=1S/C17H17FN2O3/c1-20-16(10-6-4-5-7-12(10)18)19-13-9-15(23-3)14(22-2)8-11(13)17(20)21/h4-9,16,19H,1-3H3/t16-/m1/s1. The Balaban J connectivity index is 2.08. The first-order chi connectivity index (χ1) is 11.1. The highest BCUT2D eigenvalue weighted by atomic mass is 19.1. The molecule has 0 aromatic heterocycles. The van der Waals surface area contributed by atoms with Crippen LogP contribution in [0.5, 0.6) is 11.5 Å². The minimum absolute atomic E-state index is 0.215. The van der Waals surface area contributed by atoms with Gasteiger partial charge in [0, 0.05) is 18.7 Å². The molecule has 6 heteroatoms. The molecule has 0 unspecified atom stereocenters. The van der Waals surface area contributed by atoms with E-state index < -0.39 is 6.17 Å². The topological polar surface area (TPSA) is 50.8 Å². The summed E-state index contributed by atoms with van der Waals surface area (Å²) < 4.78 is 24.6. The van der Waals surface area contributed by atoms with E-state index in [1.165, 1.54) is 25.2 Å². The van der Waals surface area contributed by atoms with Crippen LogP contribution >= 0.6 is 0 Å². The monoisotopic (exact) mass is 316 g/mol. The Morgan fingerprint density at radius 3 is 2.43 bits per heavy atom. The van der Waals surface area contributed by atoms with Crippen molar-refractivity contribution in [1.29, 1.82) is 0 Å². The first-order valence-electron chi connectivity index (χ1n) is 7.11. The maximum atomic E-state index is 14.1. The van der Waals surface area contributed by atoms with Gasteiger partial charge in [-0.05, 0) is 12.1 Å². The lowest BCUT2D eigenvalue weighted by Gasteiger charge is -2.36. The van der Waals surface area contributed by atoms with Crippen LogP contribution in [0.1, 0.15) is 22.1 Å². The van der Waals surface area contributed by atoms with Crippen LogP contribution in [0.25, 0.3) is 0 Å². The first-order valence-corrected chi connectivity index (χ1v) is 7.11. The van der Waals surface area contributed by atoms with Gasteiger partial charge in [-0.1, -0.05) is 18.2 Å². The van der Waals surface area contributed by atoms with Crippen molar-refractivity contribution in [3.8, 4) is 11.5 Å². The van der Waals surface area contributed by atoms with E-state index in [0.29, 0.717) is 28.3 Å². The third-order valence-corrected chi connectivity index (χ3v) is 3.95. The van der Waals surface area contributed by atoms with Crippen molar-refractivity contribution in [3.05, 3.63) is 53.3 Å². The average Bonchev–Trinajstić information content (AvgIpc) is 2.57. The molecule has 0 saturated carbocycles. The Kier molecular flexibility index (Phi) is 3.82. The van der Waals surface area contributed by atoms with E-state index >= 15 is 0 Å². The number of anilines is 1. The highest BCUT2D eigenvalue weighted by molar-refractivity contribution is 6.02. The quantitative estimate of drug-likeness (QED) is 0.945. The fourth-order valence-corrected chi connectivity index (χ4v) is 2.71. The molecule has 23 heavy (non-hydrogen) atoms. The Hall–Kier alpha value is -2.76. The number of carbonyl (C=O) groups excluding carboxylic acids is 1. The number of nitrogens with one attached hydrogen (secondary N) is 1. The lowest BCUT2D eigenvalue weighted by atomic mass is 10.0. The van der Waals surface area contributed by atoms with Gasteiger partial charge < -0.3 is 19.7 Å². The van der Waals surface area contributed by atoms with Crippen molar-refractivity contribution >= 4 is 11.6 Å². The number of rotatable bonds is 3. The van der Waals surface area contributed by atoms with Crippen molar-refractivity contribution in [3.63, 3.8) is 0 Å². The second-order valence-corrected chi connectivity index (χ2v) is 5.24. The van der Waals surface area contributed by atoms with Crippen LogP contribution in [-0.4, -0.2) is 32.1 Å². The molecule has 1 N–H and O–H groups in total. The van der Waals surface area contributed by atoms with Gasteiger partial charge in [0.1, 0.15) is 12.0 Å². The summed E-state index contributed by atoms with van der Waals surface area (Å²) in [6, 6.07) is 9.69. The summed E-state index contributed by atoms with van der Waals surface area (Å²) >= 11 is 0. The molecule has 3 rings (SSSR count). The van der Waals surface area contributed by atoms with Crippen LogP contribution in [0.4, 0.5) is 10.1 Å². The van der Waals surface area contributed by atoms with Crippen molar-refractivity contribution in [2.45, 2.75) is 6.17 Å². The Morgan fingerprint density at radius 1 is 1.13 bits per heavy atom.